The smallest absolute Gasteiger partial charge is 0.131 e. The highest BCUT2D eigenvalue weighted by atomic mass is 35.5. The Morgan fingerprint density at radius 1 is 1.37 bits per heavy atom. The van der Waals surface area contributed by atoms with Crippen molar-refractivity contribution in [3.05, 3.63) is 29.6 Å². The summed E-state index contributed by atoms with van der Waals surface area (Å²) >= 11 is 5.70. The van der Waals surface area contributed by atoms with Crippen molar-refractivity contribution < 1.29 is 9.13 Å². The van der Waals surface area contributed by atoms with Gasteiger partial charge in [0, 0.05) is 30.6 Å². The van der Waals surface area contributed by atoms with Crippen molar-refractivity contribution in [1.82, 2.24) is 5.32 Å². The molecule has 108 valence electrons. The van der Waals surface area contributed by atoms with Crippen molar-refractivity contribution in [3.63, 3.8) is 0 Å². The zero-order valence-electron chi connectivity index (χ0n) is 11.9. The predicted octanol–water partition coefficient (Wildman–Crippen LogP) is 3.97. The molecular formula is C15H23ClFNO. The Morgan fingerprint density at radius 3 is 2.68 bits per heavy atom. The molecule has 0 bridgehead atoms. The zero-order chi connectivity index (χ0) is 14.3. The summed E-state index contributed by atoms with van der Waals surface area (Å²) in [6.07, 6.45) is 2.07. The minimum Gasteiger partial charge on any atom is -0.497 e. The summed E-state index contributed by atoms with van der Waals surface area (Å²) in [6.45, 7) is 5.75. The van der Waals surface area contributed by atoms with Crippen molar-refractivity contribution in [2.24, 2.45) is 5.41 Å². The number of ether oxygens (including phenoxy) is 1. The fraction of sp³-hybridized carbons (Fsp3) is 0.600. The van der Waals surface area contributed by atoms with Gasteiger partial charge in [-0.05, 0) is 24.3 Å². The van der Waals surface area contributed by atoms with Crippen molar-refractivity contribution in [2.45, 2.75) is 33.2 Å². The molecule has 0 unspecified atom stereocenters. The van der Waals surface area contributed by atoms with Gasteiger partial charge in [-0.15, -0.1) is 11.6 Å². The normalized spacial score (nSPS) is 11.6. The third-order valence-electron chi connectivity index (χ3n) is 3.17. The van der Waals surface area contributed by atoms with Gasteiger partial charge in [-0.1, -0.05) is 19.9 Å². The lowest BCUT2D eigenvalue weighted by molar-refractivity contribution is 0.310. The molecule has 1 aromatic rings. The molecule has 0 amide bonds. The molecular weight excluding hydrogens is 265 g/mol. The molecule has 1 N–H and O–H groups in total. The van der Waals surface area contributed by atoms with Gasteiger partial charge in [0.15, 0.2) is 0 Å². The molecule has 0 aliphatic carbocycles. The van der Waals surface area contributed by atoms with Gasteiger partial charge in [-0.2, -0.15) is 0 Å². The molecule has 1 rings (SSSR count). The Hall–Kier alpha value is -0.800. The molecule has 0 radical (unpaired) electrons. The van der Waals surface area contributed by atoms with Crippen LogP contribution in [0.25, 0.3) is 0 Å². The van der Waals surface area contributed by atoms with Crippen LogP contribution in [0.1, 0.15) is 32.3 Å². The van der Waals surface area contributed by atoms with Crippen LogP contribution in [-0.4, -0.2) is 19.5 Å². The first-order valence-corrected chi connectivity index (χ1v) is 7.11. The molecule has 0 aliphatic heterocycles. The average Bonchev–Trinajstić information content (AvgIpc) is 2.38. The number of alkyl halides is 1. The van der Waals surface area contributed by atoms with Crippen LogP contribution in [0, 0.1) is 11.2 Å². The minimum atomic E-state index is -0.231. The van der Waals surface area contributed by atoms with Gasteiger partial charge >= 0.3 is 0 Å². The van der Waals surface area contributed by atoms with Gasteiger partial charge in [-0.3, -0.25) is 0 Å². The first kappa shape index (κ1) is 16.3. The van der Waals surface area contributed by atoms with Crippen LogP contribution in [0.3, 0.4) is 0 Å². The number of hydrogen-bond donors (Lipinski definition) is 1. The highest BCUT2D eigenvalue weighted by molar-refractivity contribution is 6.17. The van der Waals surface area contributed by atoms with Gasteiger partial charge in [0.2, 0.25) is 0 Å². The van der Waals surface area contributed by atoms with Crippen LogP contribution in [0.2, 0.25) is 0 Å². The Bertz CT molecular complexity index is 396. The molecule has 0 spiro atoms. The van der Waals surface area contributed by atoms with Gasteiger partial charge in [-0.25, -0.2) is 4.39 Å². The topological polar surface area (TPSA) is 21.3 Å². The van der Waals surface area contributed by atoms with E-state index in [1.807, 2.05) is 0 Å². The maximum Gasteiger partial charge on any atom is 0.131 e. The van der Waals surface area contributed by atoms with Crippen LogP contribution < -0.4 is 10.1 Å². The lowest BCUT2D eigenvalue weighted by atomic mass is 9.88. The fourth-order valence-corrected chi connectivity index (χ4v) is 2.10. The number of halogens is 2. The second kappa shape index (κ2) is 7.71. The molecule has 0 aliphatic rings. The number of rotatable bonds is 8. The lowest BCUT2D eigenvalue weighted by Gasteiger charge is -2.24. The van der Waals surface area contributed by atoms with E-state index in [4.69, 9.17) is 16.3 Å². The summed E-state index contributed by atoms with van der Waals surface area (Å²) in [5.41, 5.74) is 0.839. The predicted molar refractivity (Wildman–Crippen MR) is 78.4 cm³/mol. The molecule has 0 saturated carbocycles. The second-order valence-electron chi connectivity index (χ2n) is 5.52. The van der Waals surface area contributed by atoms with Gasteiger partial charge in [0.1, 0.15) is 11.6 Å². The summed E-state index contributed by atoms with van der Waals surface area (Å²) < 4.78 is 18.7. The molecule has 1 aromatic carbocycles. The summed E-state index contributed by atoms with van der Waals surface area (Å²) in [5, 5.41) is 3.31. The Morgan fingerprint density at radius 2 is 2.11 bits per heavy atom. The number of nitrogens with one attached hydrogen (secondary N) is 1. The van der Waals surface area contributed by atoms with Crippen LogP contribution in [0.5, 0.6) is 5.75 Å². The summed E-state index contributed by atoms with van der Waals surface area (Å²) in [5.74, 6) is 1.00. The molecule has 0 fully saturated rings. The Labute approximate surface area is 120 Å². The van der Waals surface area contributed by atoms with Crippen LogP contribution in [-0.2, 0) is 6.54 Å². The van der Waals surface area contributed by atoms with E-state index < -0.39 is 0 Å². The van der Waals surface area contributed by atoms with E-state index in [9.17, 15) is 4.39 Å². The molecule has 4 heteroatoms. The maximum atomic E-state index is 13.7. The van der Waals surface area contributed by atoms with E-state index in [1.165, 1.54) is 13.2 Å². The van der Waals surface area contributed by atoms with Crippen LogP contribution in [0.4, 0.5) is 4.39 Å². The van der Waals surface area contributed by atoms with Gasteiger partial charge in [0.25, 0.3) is 0 Å². The molecule has 0 saturated heterocycles. The van der Waals surface area contributed by atoms with E-state index in [0.29, 0.717) is 23.7 Å². The van der Waals surface area contributed by atoms with Crippen molar-refractivity contribution in [2.75, 3.05) is 19.5 Å². The third-order valence-corrected chi connectivity index (χ3v) is 3.43. The van der Waals surface area contributed by atoms with E-state index in [1.54, 1.807) is 12.1 Å². The van der Waals surface area contributed by atoms with E-state index in [2.05, 4.69) is 19.2 Å². The average molecular weight is 288 g/mol. The third kappa shape index (κ3) is 5.79. The standard InChI is InChI=1S/C15H23ClFNO/c1-15(2,7-4-8-16)11-18-10-12-5-6-13(19-3)9-14(12)17/h5-6,9,18H,4,7-8,10-11H2,1-3H3. The largest absolute Gasteiger partial charge is 0.497 e. The van der Waals surface area contributed by atoms with E-state index in [0.717, 1.165) is 19.4 Å². The number of hydrogen-bond acceptors (Lipinski definition) is 2. The van der Waals surface area contributed by atoms with Gasteiger partial charge in [0.05, 0.1) is 7.11 Å². The van der Waals surface area contributed by atoms with Crippen molar-refractivity contribution in [3.8, 4) is 5.75 Å². The molecule has 19 heavy (non-hydrogen) atoms. The maximum absolute atomic E-state index is 13.7. The minimum absolute atomic E-state index is 0.178. The second-order valence-corrected chi connectivity index (χ2v) is 5.90. The van der Waals surface area contributed by atoms with Crippen LogP contribution in [0.15, 0.2) is 18.2 Å². The SMILES string of the molecule is COc1ccc(CNCC(C)(C)CCCCl)c(F)c1. The van der Waals surface area contributed by atoms with E-state index in [-0.39, 0.29) is 11.2 Å². The quantitative estimate of drug-likeness (QED) is 0.731. The molecule has 0 aromatic heterocycles. The van der Waals surface area contributed by atoms with Crippen molar-refractivity contribution in [1.29, 1.82) is 0 Å². The Balaban J connectivity index is 2.44. The zero-order valence-corrected chi connectivity index (χ0v) is 12.7. The summed E-state index contributed by atoms with van der Waals surface area (Å²) in [7, 11) is 1.53. The highest BCUT2D eigenvalue weighted by Crippen LogP contribution is 2.22. The van der Waals surface area contributed by atoms with Crippen molar-refractivity contribution >= 4 is 11.6 Å². The first-order chi connectivity index (χ1) is 8.98. The molecule has 0 atom stereocenters. The highest BCUT2D eigenvalue weighted by Gasteiger charge is 2.16. The van der Waals surface area contributed by atoms with Gasteiger partial charge < -0.3 is 10.1 Å². The van der Waals surface area contributed by atoms with Crippen LogP contribution >= 0.6 is 11.6 Å². The first-order valence-electron chi connectivity index (χ1n) is 6.57. The van der Waals surface area contributed by atoms with E-state index >= 15 is 0 Å². The number of methoxy groups -OCH3 is 1. The summed E-state index contributed by atoms with van der Waals surface area (Å²) in [4.78, 5) is 0. The Kier molecular flexibility index (Phi) is 6.59. The lowest BCUT2D eigenvalue weighted by Crippen LogP contribution is -2.29. The number of benzene rings is 1. The summed E-state index contributed by atoms with van der Waals surface area (Å²) in [6, 6.07) is 4.95. The molecule has 2 nitrogen and oxygen atoms in total. The fourth-order valence-electron chi connectivity index (χ4n) is 1.97. The monoisotopic (exact) mass is 287 g/mol. The molecule has 0 heterocycles.